The number of furan rings is 2. The van der Waals surface area contributed by atoms with Crippen molar-refractivity contribution >= 4 is 88.8 Å². The van der Waals surface area contributed by atoms with Crippen LogP contribution in [0, 0.1) is 0 Å². The van der Waals surface area contributed by atoms with Crippen molar-refractivity contribution in [2.75, 3.05) is 23.5 Å². The quantitative estimate of drug-likeness (QED) is 0.182. The Kier molecular flexibility index (Phi) is 5.58. The third-order valence-electron chi connectivity index (χ3n) is 10.5. The zero-order chi connectivity index (χ0) is 34.8. The highest BCUT2D eigenvalue weighted by atomic mass is 16.5. The number of imidazole rings is 2. The minimum Gasteiger partial charge on any atom is -0.456 e. The summed E-state index contributed by atoms with van der Waals surface area (Å²) in [5.41, 5.74) is 10.2. The molecule has 11 aromatic rings. The van der Waals surface area contributed by atoms with Crippen LogP contribution in [0.5, 0.6) is 11.5 Å². The third-order valence-corrected chi connectivity index (χ3v) is 10.5. The van der Waals surface area contributed by atoms with E-state index in [0.717, 1.165) is 83.3 Å². The SMILES string of the molecule is CN1CN(c2cc(Oc3ccc4c(c3)n(-c3ccccn3)c3nc5ccccc5n43)c3oc4cc5oc6ccccc6c5cc4c3c2)c2ccccc21. The van der Waals surface area contributed by atoms with Gasteiger partial charge in [-0.05, 0) is 66.7 Å². The molecule has 252 valence electrons. The lowest BCUT2D eigenvalue weighted by Crippen LogP contribution is -2.23. The van der Waals surface area contributed by atoms with Crippen molar-refractivity contribution in [1.82, 2.24) is 18.9 Å². The fraction of sp³-hybridized carbons (Fsp3) is 0.0455. The van der Waals surface area contributed by atoms with E-state index in [4.69, 9.17) is 23.5 Å². The van der Waals surface area contributed by atoms with E-state index < -0.39 is 0 Å². The van der Waals surface area contributed by atoms with Gasteiger partial charge in [0.25, 0.3) is 0 Å². The van der Waals surface area contributed by atoms with Crippen LogP contribution < -0.4 is 14.5 Å². The molecule has 0 aliphatic carbocycles. The van der Waals surface area contributed by atoms with Gasteiger partial charge in [0.05, 0.1) is 40.1 Å². The largest absolute Gasteiger partial charge is 0.456 e. The molecule has 9 heteroatoms. The van der Waals surface area contributed by atoms with Gasteiger partial charge in [0.1, 0.15) is 28.3 Å². The van der Waals surface area contributed by atoms with E-state index in [9.17, 15) is 0 Å². The topological polar surface area (TPSA) is 77.1 Å². The average Bonchev–Trinajstić information content (AvgIpc) is 3.99. The molecule has 0 atom stereocenters. The lowest BCUT2D eigenvalue weighted by molar-refractivity contribution is 0.477. The number of hydrogen-bond donors (Lipinski definition) is 0. The Bertz CT molecular complexity index is 3280. The van der Waals surface area contributed by atoms with E-state index in [2.05, 4.69) is 92.5 Å². The molecule has 6 aromatic carbocycles. The Morgan fingerprint density at radius 1 is 0.623 bits per heavy atom. The number of anilines is 3. The van der Waals surface area contributed by atoms with Crippen molar-refractivity contribution in [3.8, 4) is 17.3 Å². The number of benzene rings is 6. The average molecular weight is 689 g/mol. The van der Waals surface area contributed by atoms with Gasteiger partial charge in [-0.25, -0.2) is 9.97 Å². The second kappa shape index (κ2) is 10.4. The monoisotopic (exact) mass is 688 g/mol. The van der Waals surface area contributed by atoms with E-state index in [1.165, 1.54) is 5.69 Å². The number of fused-ring (bicyclic) bond motifs is 12. The molecule has 53 heavy (non-hydrogen) atoms. The Labute approximate surface area is 301 Å². The van der Waals surface area contributed by atoms with Crippen LogP contribution in [-0.4, -0.2) is 32.7 Å². The van der Waals surface area contributed by atoms with Gasteiger partial charge < -0.3 is 23.4 Å². The first-order valence-corrected chi connectivity index (χ1v) is 17.6. The molecule has 0 radical (unpaired) electrons. The summed E-state index contributed by atoms with van der Waals surface area (Å²) >= 11 is 0. The predicted molar refractivity (Wildman–Crippen MR) is 210 cm³/mol. The van der Waals surface area contributed by atoms with Crippen molar-refractivity contribution in [3.63, 3.8) is 0 Å². The normalized spacial score (nSPS) is 13.2. The summed E-state index contributed by atoms with van der Waals surface area (Å²) in [4.78, 5) is 14.3. The number of hydrogen-bond acceptors (Lipinski definition) is 7. The van der Waals surface area contributed by atoms with Gasteiger partial charge in [0.15, 0.2) is 11.3 Å². The molecule has 0 bridgehead atoms. The van der Waals surface area contributed by atoms with Crippen LogP contribution in [0.3, 0.4) is 0 Å². The number of pyridine rings is 1. The molecule has 12 rings (SSSR count). The van der Waals surface area contributed by atoms with Crippen molar-refractivity contribution in [2.45, 2.75) is 0 Å². The maximum atomic E-state index is 6.92. The number of ether oxygens (including phenoxy) is 1. The fourth-order valence-electron chi connectivity index (χ4n) is 8.16. The van der Waals surface area contributed by atoms with Crippen LogP contribution in [-0.2, 0) is 0 Å². The molecule has 0 fully saturated rings. The van der Waals surface area contributed by atoms with Crippen LogP contribution in [0.4, 0.5) is 17.1 Å². The van der Waals surface area contributed by atoms with E-state index in [-0.39, 0.29) is 0 Å². The van der Waals surface area contributed by atoms with Crippen LogP contribution in [0.25, 0.3) is 77.5 Å². The van der Waals surface area contributed by atoms with Gasteiger partial charge in [-0.3, -0.25) is 8.97 Å². The van der Waals surface area contributed by atoms with E-state index in [0.29, 0.717) is 23.8 Å². The van der Waals surface area contributed by atoms with Crippen LogP contribution >= 0.6 is 0 Å². The number of para-hydroxylation sites is 5. The Hall–Kier alpha value is -7.26. The van der Waals surface area contributed by atoms with Crippen LogP contribution in [0.2, 0.25) is 0 Å². The van der Waals surface area contributed by atoms with Gasteiger partial charge in [-0.1, -0.05) is 48.5 Å². The molecule has 5 aromatic heterocycles. The second-order valence-corrected chi connectivity index (χ2v) is 13.6. The Morgan fingerprint density at radius 3 is 2.36 bits per heavy atom. The van der Waals surface area contributed by atoms with Crippen molar-refractivity contribution < 1.29 is 13.6 Å². The molecule has 6 heterocycles. The molecule has 0 saturated carbocycles. The lowest BCUT2D eigenvalue weighted by Gasteiger charge is -2.20. The minimum atomic E-state index is 0.618. The molecule has 0 amide bonds. The molecule has 0 unspecified atom stereocenters. The minimum absolute atomic E-state index is 0.618. The van der Waals surface area contributed by atoms with E-state index in [1.807, 2.05) is 66.7 Å². The summed E-state index contributed by atoms with van der Waals surface area (Å²) in [6.07, 6.45) is 1.80. The molecule has 0 N–H and O–H groups in total. The standard InChI is InChI=1S/C44H28N6O3/c1-47-25-48(35-14-6-5-13-34(35)47)26-20-31-30-23-29-28-10-2-7-15-38(28)52-39(29)24-40(30)53-43(31)41(21-26)51-27-17-18-36-37(22-27)50(42-16-8-9-19-45-42)44-46-32-11-3-4-12-33(32)49(36)44/h2-24H,25H2,1H3. The van der Waals surface area contributed by atoms with Crippen molar-refractivity contribution in [1.29, 1.82) is 0 Å². The molecular formula is C44H28N6O3. The summed E-state index contributed by atoms with van der Waals surface area (Å²) in [5, 5.41) is 4.09. The molecular weight excluding hydrogens is 661 g/mol. The summed E-state index contributed by atoms with van der Waals surface area (Å²) < 4.78 is 24.1. The fourth-order valence-corrected chi connectivity index (χ4v) is 8.16. The highest BCUT2D eigenvalue weighted by molar-refractivity contribution is 6.16. The first-order chi connectivity index (χ1) is 26.2. The Balaban J connectivity index is 1.09. The summed E-state index contributed by atoms with van der Waals surface area (Å²) in [6.45, 7) is 0.702. The zero-order valence-corrected chi connectivity index (χ0v) is 28.4. The Morgan fingerprint density at radius 2 is 1.43 bits per heavy atom. The molecule has 1 aliphatic rings. The summed E-state index contributed by atoms with van der Waals surface area (Å²) in [6, 6.07) is 45.4. The molecule has 1 aliphatic heterocycles. The molecule has 0 spiro atoms. The maximum absolute atomic E-state index is 6.92. The highest BCUT2D eigenvalue weighted by Gasteiger charge is 2.27. The molecule has 0 saturated heterocycles. The van der Waals surface area contributed by atoms with Gasteiger partial charge in [-0.2, -0.15) is 0 Å². The van der Waals surface area contributed by atoms with Crippen molar-refractivity contribution in [3.05, 3.63) is 140 Å². The summed E-state index contributed by atoms with van der Waals surface area (Å²) in [7, 11) is 2.12. The smallest absolute Gasteiger partial charge is 0.221 e. The van der Waals surface area contributed by atoms with E-state index in [1.54, 1.807) is 6.20 Å². The third kappa shape index (κ3) is 4.01. The van der Waals surface area contributed by atoms with Gasteiger partial charge in [0, 0.05) is 58.7 Å². The van der Waals surface area contributed by atoms with Gasteiger partial charge >= 0.3 is 0 Å². The van der Waals surface area contributed by atoms with Crippen molar-refractivity contribution in [2.24, 2.45) is 0 Å². The predicted octanol–water partition coefficient (Wildman–Crippen LogP) is 11.0. The van der Waals surface area contributed by atoms with Crippen LogP contribution in [0.1, 0.15) is 0 Å². The number of rotatable bonds is 4. The van der Waals surface area contributed by atoms with Gasteiger partial charge in [-0.15, -0.1) is 0 Å². The lowest BCUT2D eigenvalue weighted by atomic mass is 10.1. The first-order valence-electron chi connectivity index (χ1n) is 17.6. The number of nitrogens with zero attached hydrogens (tertiary/aromatic N) is 6. The zero-order valence-electron chi connectivity index (χ0n) is 28.4. The highest BCUT2D eigenvalue weighted by Crippen LogP contribution is 2.47. The summed E-state index contributed by atoms with van der Waals surface area (Å²) in [5.74, 6) is 2.84. The second-order valence-electron chi connectivity index (χ2n) is 13.6. The first kappa shape index (κ1) is 28.4. The number of aromatic nitrogens is 4. The maximum Gasteiger partial charge on any atom is 0.221 e. The van der Waals surface area contributed by atoms with Gasteiger partial charge in [0.2, 0.25) is 5.78 Å². The van der Waals surface area contributed by atoms with Crippen LogP contribution in [0.15, 0.2) is 148 Å². The molecule has 9 nitrogen and oxygen atoms in total. The van der Waals surface area contributed by atoms with E-state index >= 15 is 0 Å².